The highest BCUT2D eigenvalue weighted by molar-refractivity contribution is 6.34. The van der Waals surface area contributed by atoms with Crippen LogP contribution in [-0.2, 0) is 0 Å². The molecule has 0 atom stereocenters. The summed E-state index contributed by atoms with van der Waals surface area (Å²) in [6, 6.07) is 5.60. The molecule has 2 amide bonds. The van der Waals surface area contributed by atoms with Gasteiger partial charge in [0.25, 0.3) is 11.8 Å². The molecule has 106 valence electrons. The number of fused-ring (bicyclic) bond motifs is 1. The summed E-state index contributed by atoms with van der Waals surface area (Å²) in [6.45, 7) is 0. The van der Waals surface area contributed by atoms with Crippen molar-refractivity contribution in [1.29, 1.82) is 0 Å². The predicted octanol–water partition coefficient (Wildman–Crippen LogP) is 3.04. The van der Waals surface area contributed by atoms with Gasteiger partial charge < -0.3 is 0 Å². The van der Waals surface area contributed by atoms with Gasteiger partial charge in [-0.2, -0.15) is 0 Å². The molecule has 0 aliphatic carbocycles. The van der Waals surface area contributed by atoms with Crippen LogP contribution < -0.4 is 4.90 Å². The number of benzene rings is 2. The van der Waals surface area contributed by atoms with Crippen molar-refractivity contribution in [3.05, 3.63) is 64.7 Å². The molecule has 21 heavy (non-hydrogen) atoms. The van der Waals surface area contributed by atoms with Gasteiger partial charge >= 0.3 is 0 Å². The molecule has 0 aromatic heterocycles. The second-order valence-electron chi connectivity index (χ2n) is 4.31. The number of anilines is 1. The topological polar surface area (TPSA) is 37.4 Å². The number of hydrogen-bond donors (Lipinski definition) is 0. The molecule has 0 unspecified atom stereocenters. The van der Waals surface area contributed by atoms with E-state index in [-0.39, 0.29) is 22.1 Å². The zero-order valence-corrected chi connectivity index (χ0v) is 10.2. The zero-order valence-electron chi connectivity index (χ0n) is 10.2. The highest BCUT2D eigenvalue weighted by Crippen LogP contribution is 2.33. The number of halogens is 4. The highest BCUT2D eigenvalue weighted by Gasteiger charge is 2.40. The number of amides is 2. The zero-order chi connectivity index (χ0) is 15.3. The van der Waals surface area contributed by atoms with Crippen LogP contribution in [0, 0.1) is 23.3 Å². The Balaban J connectivity index is 2.23. The Morgan fingerprint density at radius 2 is 1.29 bits per heavy atom. The minimum absolute atomic E-state index is 0.0639. The molecule has 0 radical (unpaired) electrons. The maximum atomic E-state index is 13.7. The average Bonchev–Trinajstić information content (AvgIpc) is 2.71. The van der Waals surface area contributed by atoms with Crippen LogP contribution in [0.3, 0.4) is 0 Å². The lowest BCUT2D eigenvalue weighted by atomic mass is 10.1. The highest BCUT2D eigenvalue weighted by atomic mass is 19.2. The van der Waals surface area contributed by atoms with Crippen LogP contribution in [0.15, 0.2) is 30.3 Å². The molecular formula is C14H5F4NO2. The van der Waals surface area contributed by atoms with Crippen LogP contribution in [0.4, 0.5) is 23.2 Å². The van der Waals surface area contributed by atoms with Gasteiger partial charge in [-0.25, -0.2) is 22.5 Å². The van der Waals surface area contributed by atoms with E-state index in [9.17, 15) is 27.2 Å². The second-order valence-corrected chi connectivity index (χ2v) is 4.31. The quantitative estimate of drug-likeness (QED) is 0.351. The van der Waals surface area contributed by atoms with Gasteiger partial charge in [0.15, 0.2) is 23.3 Å². The number of nitrogens with zero attached hydrogens (tertiary/aromatic N) is 1. The summed E-state index contributed by atoms with van der Waals surface area (Å²) < 4.78 is 53.6. The van der Waals surface area contributed by atoms with Crippen LogP contribution in [0.25, 0.3) is 0 Å². The van der Waals surface area contributed by atoms with Crippen molar-refractivity contribution in [3.8, 4) is 0 Å². The van der Waals surface area contributed by atoms with Crippen molar-refractivity contribution >= 4 is 17.5 Å². The van der Waals surface area contributed by atoms with Crippen molar-refractivity contribution in [2.75, 3.05) is 4.90 Å². The summed E-state index contributed by atoms with van der Waals surface area (Å²) in [5.74, 6) is -9.17. The maximum Gasteiger partial charge on any atom is 0.266 e. The van der Waals surface area contributed by atoms with Gasteiger partial charge in [0.1, 0.15) is 5.69 Å². The molecule has 0 saturated carbocycles. The summed E-state index contributed by atoms with van der Waals surface area (Å²) >= 11 is 0. The first-order chi connectivity index (χ1) is 9.93. The Kier molecular flexibility index (Phi) is 2.79. The minimum Gasteiger partial charge on any atom is -0.268 e. The molecule has 7 heteroatoms. The molecule has 1 aliphatic heterocycles. The van der Waals surface area contributed by atoms with Gasteiger partial charge in [0, 0.05) is 6.07 Å². The van der Waals surface area contributed by atoms with E-state index in [0.717, 1.165) is 0 Å². The number of imide groups is 1. The first-order valence-corrected chi connectivity index (χ1v) is 5.74. The molecule has 0 saturated heterocycles. The third-order valence-corrected chi connectivity index (χ3v) is 3.11. The summed E-state index contributed by atoms with van der Waals surface area (Å²) in [4.78, 5) is 24.3. The molecule has 3 nitrogen and oxygen atoms in total. The predicted molar refractivity (Wildman–Crippen MR) is 63.9 cm³/mol. The van der Waals surface area contributed by atoms with Gasteiger partial charge in [-0.1, -0.05) is 12.1 Å². The largest absolute Gasteiger partial charge is 0.268 e. The van der Waals surface area contributed by atoms with E-state index in [1.807, 2.05) is 0 Å². The van der Waals surface area contributed by atoms with E-state index in [0.29, 0.717) is 0 Å². The Hall–Kier alpha value is -2.70. The SMILES string of the molecule is O=C1c2ccccc2C(=O)N1c1c(F)cc(F)c(F)c1F. The standard InChI is InChI=1S/C14H5F4NO2/c15-8-5-9(16)12(11(18)10(8)17)19-13(20)6-3-1-2-4-7(6)14(19)21/h1-5H. The molecule has 0 spiro atoms. The molecule has 3 rings (SSSR count). The Labute approximate surface area is 115 Å². The third kappa shape index (κ3) is 1.74. The van der Waals surface area contributed by atoms with Crippen LogP contribution >= 0.6 is 0 Å². The fourth-order valence-corrected chi connectivity index (χ4v) is 2.15. The van der Waals surface area contributed by atoms with E-state index < -0.39 is 40.8 Å². The van der Waals surface area contributed by atoms with Crippen molar-refractivity contribution in [2.24, 2.45) is 0 Å². The van der Waals surface area contributed by atoms with E-state index >= 15 is 0 Å². The van der Waals surface area contributed by atoms with Crippen LogP contribution in [-0.4, -0.2) is 11.8 Å². The first kappa shape index (κ1) is 13.3. The maximum absolute atomic E-state index is 13.7. The average molecular weight is 295 g/mol. The van der Waals surface area contributed by atoms with E-state index in [2.05, 4.69) is 0 Å². The lowest BCUT2D eigenvalue weighted by Gasteiger charge is -2.16. The molecule has 2 aromatic rings. The van der Waals surface area contributed by atoms with E-state index in [4.69, 9.17) is 0 Å². The van der Waals surface area contributed by atoms with Crippen LogP contribution in [0.1, 0.15) is 20.7 Å². The molecule has 2 aromatic carbocycles. The monoisotopic (exact) mass is 295 g/mol. The molecule has 0 bridgehead atoms. The first-order valence-electron chi connectivity index (χ1n) is 5.74. The Morgan fingerprint density at radius 1 is 0.762 bits per heavy atom. The van der Waals surface area contributed by atoms with Gasteiger partial charge in [-0.05, 0) is 12.1 Å². The normalized spacial score (nSPS) is 13.8. The molecule has 0 fully saturated rings. The Morgan fingerprint density at radius 3 is 1.81 bits per heavy atom. The molecular weight excluding hydrogens is 290 g/mol. The van der Waals surface area contributed by atoms with Gasteiger partial charge in [-0.15, -0.1) is 0 Å². The summed E-state index contributed by atoms with van der Waals surface area (Å²) in [5, 5.41) is 0. The summed E-state index contributed by atoms with van der Waals surface area (Å²) in [7, 11) is 0. The lowest BCUT2D eigenvalue weighted by Crippen LogP contribution is -2.31. The summed E-state index contributed by atoms with van der Waals surface area (Å²) in [6.07, 6.45) is 0. The molecule has 1 aliphatic rings. The molecule has 0 N–H and O–H groups in total. The van der Waals surface area contributed by atoms with Crippen LogP contribution in [0.2, 0.25) is 0 Å². The van der Waals surface area contributed by atoms with Gasteiger partial charge in [0.2, 0.25) is 0 Å². The second kappa shape index (κ2) is 4.41. The van der Waals surface area contributed by atoms with Crippen molar-refractivity contribution in [1.82, 2.24) is 0 Å². The smallest absolute Gasteiger partial charge is 0.266 e. The van der Waals surface area contributed by atoms with Crippen LogP contribution in [0.5, 0.6) is 0 Å². The third-order valence-electron chi connectivity index (χ3n) is 3.11. The van der Waals surface area contributed by atoms with E-state index in [1.165, 1.54) is 24.3 Å². The van der Waals surface area contributed by atoms with E-state index in [1.54, 1.807) is 0 Å². The lowest BCUT2D eigenvalue weighted by molar-refractivity contribution is 0.0923. The fraction of sp³-hybridized carbons (Fsp3) is 0. The van der Waals surface area contributed by atoms with Crippen molar-refractivity contribution in [2.45, 2.75) is 0 Å². The number of rotatable bonds is 1. The fourth-order valence-electron chi connectivity index (χ4n) is 2.15. The van der Waals surface area contributed by atoms with Gasteiger partial charge in [0.05, 0.1) is 11.1 Å². The number of carbonyl (C=O) groups excluding carboxylic acids is 2. The minimum atomic E-state index is -1.96. The molecule has 1 heterocycles. The Bertz CT molecular complexity index is 769. The van der Waals surface area contributed by atoms with Crippen molar-refractivity contribution < 1.29 is 27.2 Å². The van der Waals surface area contributed by atoms with Crippen molar-refractivity contribution in [3.63, 3.8) is 0 Å². The number of hydrogen-bond acceptors (Lipinski definition) is 2. The van der Waals surface area contributed by atoms with Gasteiger partial charge in [-0.3, -0.25) is 9.59 Å². The summed E-state index contributed by atoms with van der Waals surface area (Å²) in [5.41, 5.74) is -1.35. The number of carbonyl (C=O) groups is 2.